The molecule has 2 aromatic heterocycles. The Kier molecular flexibility index (Phi) is 4.57. The molecular weight excluding hydrogens is 876 g/mol. The maximum Gasteiger partial charge on any atom is 0.252 e. The van der Waals surface area contributed by atoms with Crippen molar-refractivity contribution in [1.82, 2.24) is 4.57 Å². The molecule has 0 spiro atoms. The van der Waals surface area contributed by atoms with Crippen LogP contribution in [0.15, 0.2) is 186 Å². The van der Waals surface area contributed by atoms with Gasteiger partial charge < -0.3 is 23.7 Å². The van der Waals surface area contributed by atoms with Crippen LogP contribution < -0.4 is 31.1 Å². The highest BCUT2D eigenvalue weighted by atomic mass is 16.3. The van der Waals surface area contributed by atoms with E-state index >= 15 is 0 Å². The van der Waals surface area contributed by atoms with Crippen LogP contribution in [-0.4, -0.2) is 11.3 Å². The van der Waals surface area contributed by atoms with Crippen molar-refractivity contribution in [2.75, 3.05) is 14.7 Å². The fraction of sp³-hybridized carbons (Fsp3) is 0.182. The van der Waals surface area contributed by atoms with Gasteiger partial charge in [-0.15, -0.1) is 0 Å². The summed E-state index contributed by atoms with van der Waals surface area (Å²) in [6, 6.07) is -26.3. The minimum absolute atomic E-state index is 0.0411. The van der Waals surface area contributed by atoms with Gasteiger partial charge in [-0.25, -0.2) is 0 Å². The Morgan fingerprint density at radius 2 is 1.06 bits per heavy atom. The second-order valence-electron chi connectivity index (χ2n) is 21.1. The Bertz CT molecular complexity index is 5750. The van der Waals surface area contributed by atoms with Crippen molar-refractivity contribution in [2.24, 2.45) is 0 Å². The average Bonchev–Trinajstić information content (AvgIpc) is 1.18. The van der Waals surface area contributed by atoms with Crippen molar-refractivity contribution in [2.45, 2.75) is 78.6 Å². The molecule has 0 bridgehead atoms. The molecule has 0 radical (unpaired) electrons. The lowest BCUT2D eigenvalue weighted by Gasteiger charge is -2.47. The number of benzene rings is 9. The first kappa shape index (κ1) is 22.2. The minimum Gasteiger partial charge on any atom is -0.456 e. The summed E-state index contributed by atoms with van der Waals surface area (Å²) in [5.74, 6) is 0. The van der Waals surface area contributed by atoms with Gasteiger partial charge in [0.1, 0.15) is 11.2 Å². The van der Waals surface area contributed by atoms with Crippen LogP contribution in [0.25, 0.3) is 49.4 Å². The summed E-state index contributed by atoms with van der Waals surface area (Å²) < 4.78 is 301. The molecule has 5 heterocycles. The van der Waals surface area contributed by atoms with Gasteiger partial charge in [0.15, 0.2) is 0 Å². The zero-order valence-electron chi connectivity index (χ0n) is 70.3. The zero-order chi connectivity index (χ0) is 75.3. The van der Waals surface area contributed by atoms with E-state index in [2.05, 4.69) is 0 Å². The van der Waals surface area contributed by atoms with Crippen molar-refractivity contribution in [1.29, 1.82) is 0 Å². The SMILES string of the molecule is [2H]c1c([2H])c([2H])c(N(c2c([2H])c([2H])c([2H])c([2H])c2[2H])c2c([2H])c3c4c(c2[2H])N2c5c(c([2H])c([2H])c([2H])c5-n5c6c([2H])c([2H])c(C(C)(C)C)c([2H])c6c6c([2H])c(C(C)(C)C)c([2H])c2c65)B4c2c([2H])c(C(C)(C)C)c([2H])c([2H])c2N3c2c([2H])c([2H])c3oc4c([2H])c([2H])c([2H])c([2H])c4c3c2[2H])c([2H])c1[2H]. The van der Waals surface area contributed by atoms with E-state index in [0.29, 0.717) is 4.90 Å². The van der Waals surface area contributed by atoms with Crippen molar-refractivity contribution in [3.05, 3.63) is 198 Å². The molecule has 5 nitrogen and oxygen atoms in total. The third kappa shape index (κ3) is 6.14. The summed E-state index contributed by atoms with van der Waals surface area (Å²) in [7, 11) is 0. The molecule has 0 aliphatic carbocycles. The normalized spacial score (nSPS) is 19.7. The molecule has 3 aliphatic heterocycles. The maximum absolute atomic E-state index is 11.3. The quantitative estimate of drug-likeness (QED) is 0.164. The van der Waals surface area contributed by atoms with Gasteiger partial charge in [-0.05, 0) is 146 Å². The summed E-state index contributed by atoms with van der Waals surface area (Å²) >= 11 is 0. The molecule has 0 amide bonds. The highest BCUT2D eigenvalue weighted by molar-refractivity contribution is 7.00. The summed E-state index contributed by atoms with van der Waals surface area (Å²) in [4.78, 5) is 2.49. The highest BCUT2D eigenvalue weighted by Crippen LogP contribution is 2.55. The van der Waals surface area contributed by atoms with E-state index in [9.17, 15) is 28.8 Å². The van der Waals surface area contributed by atoms with E-state index in [0.717, 1.165) is 4.90 Å². The van der Waals surface area contributed by atoms with Gasteiger partial charge in [-0.2, -0.15) is 0 Å². The Morgan fingerprint density at radius 1 is 0.431 bits per heavy atom. The third-order valence-corrected chi connectivity index (χ3v) is 13.3. The van der Waals surface area contributed by atoms with Crippen LogP contribution in [0, 0.1) is 0 Å². The minimum atomic E-state index is -2.00. The van der Waals surface area contributed by atoms with E-state index in [1.165, 1.54) is 9.47 Å². The predicted octanol–water partition coefficient (Wildman–Crippen LogP) is 16.4. The van der Waals surface area contributed by atoms with Gasteiger partial charge in [0.25, 0.3) is 6.71 Å². The molecule has 0 atom stereocenters. The molecule has 0 N–H and O–H groups in total. The number of para-hydroxylation sites is 4. The molecule has 0 saturated heterocycles. The van der Waals surface area contributed by atoms with E-state index < -0.39 is 282 Å². The Balaban J connectivity index is 1.35. The summed E-state index contributed by atoms with van der Waals surface area (Å²) in [6.07, 6.45) is 0. The number of nitrogens with zero attached hydrogens (tertiary/aromatic N) is 4. The number of hydrogen-bond acceptors (Lipinski definition) is 4. The number of aromatic nitrogens is 1. The molecule has 11 aromatic rings. The van der Waals surface area contributed by atoms with Crippen molar-refractivity contribution in [3.63, 3.8) is 0 Å². The van der Waals surface area contributed by atoms with E-state index in [4.69, 9.17) is 16.8 Å². The Morgan fingerprint density at radius 3 is 1.76 bits per heavy atom. The highest BCUT2D eigenvalue weighted by Gasteiger charge is 2.47. The van der Waals surface area contributed by atoms with Crippen LogP contribution in [0.3, 0.4) is 0 Å². The lowest BCUT2D eigenvalue weighted by Crippen LogP contribution is -2.62. The molecule has 350 valence electrons. The molecule has 6 heteroatoms. The van der Waals surface area contributed by atoms with Gasteiger partial charge in [0.2, 0.25) is 0 Å². The number of furan rings is 1. The zero-order valence-corrected chi connectivity index (χ0v) is 40.3. The predicted molar refractivity (Wildman–Crippen MR) is 306 cm³/mol. The second kappa shape index (κ2) is 14.8. The van der Waals surface area contributed by atoms with Crippen LogP contribution in [0.4, 0.5) is 51.2 Å². The van der Waals surface area contributed by atoms with E-state index in [1.54, 1.807) is 62.3 Å². The van der Waals surface area contributed by atoms with Crippen LogP contribution in [-0.2, 0) is 16.2 Å². The number of anilines is 9. The first-order chi connectivity index (χ1) is 47.2. The van der Waals surface area contributed by atoms with Gasteiger partial charge in [-0.1, -0.05) is 147 Å². The molecule has 0 fully saturated rings. The number of rotatable bonds is 4. The summed E-state index contributed by atoms with van der Waals surface area (Å²) in [6.45, 7) is 13.0. The van der Waals surface area contributed by atoms with Crippen LogP contribution >= 0.6 is 0 Å². The van der Waals surface area contributed by atoms with Gasteiger partial charge in [-0.3, -0.25) is 0 Å². The topological polar surface area (TPSA) is 27.8 Å². The van der Waals surface area contributed by atoms with Crippen LogP contribution in [0.5, 0.6) is 0 Å². The third-order valence-electron chi connectivity index (χ3n) is 13.3. The Labute approximate surface area is 464 Å². The molecule has 3 aliphatic rings. The van der Waals surface area contributed by atoms with Crippen LogP contribution in [0.2, 0.25) is 0 Å². The molecule has 72 heavy (non-hydrogen) atoms. The van der Waals surface area contributed by atoms with Crippen molar-refractivity contribution >= 4 is 118 Å². The molecule has 9 aromatic carbocycles. The van der Waals surface area contributed by atoms with Gasteiger partial charge >= 0.3 is 0 Å². The average molecular weight is 963 g/mol. The summed E-state index contributed by atoms with van der Waals surface area (Å²) in [5, 5.41) is -1.36. The lowest BCUT2D eigenvalue weighted by atomic mass is 9.33. The summed E-state index contributed by atoms with van der Waals surface area (Å²) in [5.41, 5.74) is -14.4. The van der Waals surface area contributed by atoms with Crippen LogP contribution in [0.1, 0.15) is 120 Å². The van der Waals surface area contributed by atoms with Gasteiger partial charge in [0, 0.05) is 55.7 Å². The van der Waals surface area contributed by atoms with E-state index in [-0.39, 0.29) is 56.3 Å². The smallest absolute Gasteiger partial charge is 0.252 e. The van der Waals surface area contributed by atoms with Crippen molar-refractivity contribution < 1.29 is 45.5 Å². The second-order valence-corrected chi connectivity index (χ2v) is 21.1. The fourth-order valence-corrected chi connectivity index (χ4v) is 9.88. The fourth-order valence-electron chi connectivity index (χ4n) is 9.88. The first-order valence-corrected chi connectivity index (χ1v) is 23.2. The van der Waals surface area contributed by atoms with Crippen molar-refractivity contribution in [3.8, 4) is 5.69 Å². The monoisotopic (exact) mass is 963 g/mol. The molecule has 0 unspecified atom stereocenters. The molecule has 14 rings (SSSR count). The van der Waals surface area contributed by atoms with E-state index in [1.807, 2.05) is 0 Å². The first-order valence-electron chi connectivity index (χ1n) is 38.2. The number of fused-ring (bicyclic) bond motifs is 12. The lowest BCUT2D eigenvalue weighted by molar-refractivity contribution is 0.590. The number of hydrogen-bond donors (Lipinski definition) is 0. The Hall–Kier alpha value is -7.96. The molecular formula is C66H57BN4O. The molecule has 0 saturated carbocycles. The standard InChI is InChI=1S/C66H57BN4O/c1-64(2,3)40-27-30-53-48(33-40)50-34-42(66(7,8)9)36-58-62(50)70(53)55-25-18-24-51-63(55)71(58)57-39-46(68(43-19-12-10-13-20-43)44-21-14-11-15-22-44)38-56-61(57)67(51)52-35-41(65(4,5)6)28-31-54(52)69(56)45-29-32-60-49(37-45)47-23-16-17-26-59(47)72-60/h10-39H,1-9H3/i10D,11D,12D,13D,14D,15D,16D,17D,18D,19D,20D,21D,22D,23D,24D,25D,26D,27D,28D,29D,30D,31D,32D,33D,34D,35D,36D,37D,38D,39D. The maximum atomic E-state index is 11.3. The van der Waals surface area contributed by atoms with Gasteiger partial charge in [0.05, 0.1) is 74.9 Å². The largest absolute Gasteiger partial charge is 0.456 e.